The Morgan fingerprint density at radius 3 is 2.28 bits per heavy atom. The van der Waals surface area contributed by atoms with Crippen molar-refractivity contribution in [3.8, 4) is 0 Å². The minimum Gasteiger partial charge on any atom is -0.356 e. The van der Waals surface area contributed by atoms with Gasteiger partial charge in [0.15, 0.2) is 0 Å². The fourth-order valence-electron chi connectivity index (χ4n) is 3.78. The van der Waals surface area contributed by atoms with E-state index in [1.807, 2.05) is 18.2 Å². The predicted octanol–water partition coefficient (Wildman–Crippen LogP) is 4.10. The summed E-state index contributed by atoms with van der Waals surface area (Å²) in [4.78, 5) is 39.1. The van der Waals surface area contributed by atoms with E-state index in [1.165, 1.54) is 12.8 Å². The van der Waals surface area contributed by atoms with Gasteiger partial charge < -0.3 is 26.2 Å². The van der Waals surface area contributed by atoms with Gasteiger partial charge in [-0.05, 0) is 61.9 Å². The maximum atomic E-state index is 12.8. The topological polar surface area (TPSA) is 103 Å². The summed E-state index contributed by atoms with van der Waals surface area (Å²) in [5, 5.41) is 11.4. The standard InChI is InChI=1S/C24H29N5O3/c30-22(25-15-17-11-12-17)18-6-5-13-29(16-18)24(32)28-21-10-4-9-20(14-21)27-23(31)26-19-7-2-1-3-8-19/h1-4,7-10,14,17-18H,5-6,11-13,15-16H2,(H,25,30)(H,28,32)(H2,26,27,31)/t18-/m0/s1. The maximum absolute atomic E-state index is 12.8. The molecule has 0 radical (unpaired) electrons. The van der Waals surface area contributed by atoms with Crippen molar-refractivity contribution < 1.29 is 14.4 Å². The maximum Gasteiger partial charge on any atom is 0.323 e. The summed E-state index contributed by atoms with van der Waals surface area (Å²) in [5.74, 6) is 0.519. The summed E-state index contributed by atoms with van der Waals surface area (Å²) >= 11 is 0. The first-order valence-electron chi connectivity index (χ1n) is 11.1. The van der Waals surface area contributed by atoms with E-state index < -0.39 is 0 Å². The molecule has 0 spiro atoms. The van der Waals surface area contributed by atoms with E-state index in [0.29, 0.717) is 36.1 Å². The number of piperidine rings is 1. The second-order valence-corrected chi connectivity index (χ2v) is 8.43. The van der Waals surface area contributed by atoms with Crippen molar-refractivity contribution >= 4 is 35.0 Å². The number of para-hydroxylation sites is 1. The van der Waals surface area contributed by atoms with Gasteiger partial charge in [-0.1, -0.05) is 24.3 Å². The molecule has 32 heavy (non-hydrogen) atoms. The molecule has 2 fully saturated rings. The van der Waals surface area contributed by atoms with Crippen molar-refractivity contribution in [2.75, 3.05) is 35.6 Å². The van der Waals surface area contributed by atoms with Crippen LogP contribution in [-0.2, 0) is 4.79 Å². The van der Waals surface area contributed by atoms with Gasteiger partial charge in [-0.25, -0.2) is 9.59 Å². The number of nitrogens with zero attached hydrogens (tertiary/aromatic N) is 1. The van der Waals surface area contributed by atoms with Crippen LogP contribution in [0.1, 0.15) is 25.7 Å². The second kappa shape index (κ2) is 10.2. The summed E-state index contributed by atoms with van der Waals surface area (Å²) in [6, 6.07) is 15.5. The molecule has 1 atom stereocenters. The molecule has 2 aliphatic rings. The highest BCUT2D eigenvalue weighted by atomic mass is 16.2. The average molecular weight is 436 g/mol. The number of carbonyl (C=O) groups is 3. The number of urea groups is 2. The number of amides is 5. The number of carbonyl (C=O) groups excluding carboxylic acids is 3. The largest absolute Gasteiger partial charge is 0.356 e. The minimum absolute atomic E-state index is 0.0463. The highest BCUT2D eigenvalue weighted by Crippen LogP contribution is 2.28. The lowest BCUT2D eigenvalue weighted by Gasteiger charge is -2.32. The smallest absolute Gasteiger partial charge is 0.323 e. The molecular weight excluding hydrogens is 406 g/mol. The molecule has 4 rings (SSSR count). The Hall–Kier alpha value is -3.55. The fraction of sp³-hybridized carbons (Fsp3) is 0.375. The number of hydrogen-bond donors (Lipinski definition) is 4. The van der Waals surface area contributed by atoms with Crippen LogP contribution in [0.4, 0.5) is 26.7 Å². The monoisotopic (exact) mass is 435 g/mol. The van der Waals surface area contributed by atoms with E-state index in [9.17, 15) is 14.4 Å². The Morgan fingerprint density at radius 2 is 1.53 bits per heavy atom. The van der Waals surface area contributed by atoms with E-state index in [-0.39, 0.29) is 23.9 Å². The molecule has 5 amide bonds. The molecule has 2 aromatic carbocycles. The third-order valence-corrected chi connectivity index (χ3v) is 5.74. The van der Waals surface area contributed by atoms with Crippen molar-refractivity contribution in [2.24, 2.45) is 11.8 Å². The number of benzene rings is 2. The van der Waals surface area contributed by atoms with Crippen LogP contribution in [0.2, 0.25) is 0 Å². The molecular formula is C24H29N5O3. The van der Waals surface area contributed by atoms with Gasteiger partial charge in [0.05, 0.1) is 5.92 Å². The second-order valence-electron chi connectivity index (χ2n) is 8.43. The molecule has 168 valence electrons. The first kappa shape index (κ1) is 21.7. The first-order chi connectivity index (χ1) is 15.6. The van der Waals surface area contributed by atoms with Gasteiger partial charge in [-0.3, -0.25) is 4.79 Å². The molecule has 1 heterocycles. The van der Waals surface area contributed by atoms with Crippen molar-refractivity contribution in [2.45, 2.75) is 25.7 Å². The highest BCUT2D eigenvalue weighted by molar-refractivity contribution is 6.00. The van der Waals surface area contributed by atoms with Crippen molar-refractivity contribution in [1.29, 1.82) is 0 Å². The zero-order chi connectivity index (χ0) is 22.3. The van der Waals surface area contributed by atoms with E-state index in [1.54, 1.807) is 41.3 Å². The third-order valence-electron chi connectivity index (χ3n) is 5.74. The lowest BCUT2D eigenvalue weighted by atomic mass is 9.97. The van der Waals surface area contributed by atoms with Gasteiger partial charge in [-0.15, -0.1) is 0 Å². The molecule has 0 bridgehead atoms. The van der Waals surface area contributed by atoms with Gasteiger partial charge >= 0.3 is 12.1 Å². The van der Waals surface area contributed by atoms with Gasteiger partial charge in [0.1, 0.15) is 0 Å². The van der Waals surface area contributed by atoms with Crippen LogP contribution in [0.25, 0.3) is 0 Å². The van der Waals surface area contributed by atoms with Gasteiger partial charge in [0.25, 0.3) is 0 Å². The molecule has 4 N–H and O–H groups in total. The molecule has 2 aromatic rings. The van der Waals surface area contributed by atoms with E-state index in [4.69, 9.17) is 0 Å². The molecule has 8 nitrogen and oxygen atoms in total. The zero-order valence-electron chi connectivity index (χ0n) is 18.0. The van der Waals surface area contributed by atoms with Crippen molar-refractivity contribution in [3.05, 3.63) is 54.6 Å². The van der Waals surface area contributed by atoms with Crippen LogP contribution in [0.15, 0.2) is 54.6 Å². The Balaban J connectivity index is 1.29. The number of nitrogens with one attached hydrogen (secondary N) is 4. The molecule has 1 saturated carbocycles. The van der Waals surface area contributed by atoms with Crippen LogP contribution in [0.5, 0.6) is 0 Å². The third kappa shape index (κ3) is 6.23. The van der Waals surface area contributed by atoms with E-state index in [2.05, 4.69) is 21.3 Å². The average Bonchev–Trinajstić information content (AvgIpc) is 3.63. The Morgan fingerprint density at radius 1 is 0.844 bits per heavy atom. The van der Waals surface area contributed by atoms with Crippen LogP contribution >= 0.6 is 0 Å². The number of hydrogen-bond acceptors (Lipinski definition) is 3. The summed E-state index contributed by atoms with van der Waals surface area (Å²) in [6.45, 7) is 1.79. The molecule has 0 unspecified atom stereocenters. The van der Waals surface area contributed by atoms with Crippen LogP contribution in [-0.4, -0.2) is 42.5 Å². The molecule has 1 saturated heterocycles. The van der Waals surface area contributed by atoms with Crippen LogP contribution in [0, 0.1) is 11.8 Å². The Kier molecular flexibility index (Phi) is 6.89. The fourth-order valence-corrected chi connectivity index (χ4v) is 3.78. The van der Waals surface area contributed by atoms with E-state index >= 15 is 0 Å². The lowest BCUT2D eigenvalue weighted by Crippen LogP contribution is -2.47. The SMILES string of the molecule is O=C(Nc1ccccc1)Nc1cccc(NC(=O)N2CCC[C@H](C(=O)NCC3CC3)C2)c1. The van der Waals surface area contributed by atoms with Gasteiger partial charge in [-0.2, -0.15) is 0 Å². The number of likely N-dealkylation sites (tertiary alicyclic amines) is 1. The molecule has 1 aliphatic heterocycles. The number of anilines is 3. The van der Waals surface area contributed by atoms with Crippen molar-refractivity contribution in [1.82, 2.24) is 10.2 Å². The summed E-state index contributed by atoms with van der Waals surface area (Å²) < 4.78 is 0. The van der Waals surface area contributed by atoms with Gasteiger partial charge in [0.2, 0.25) is 5.91 Å². The molecule has 0 aromatic heterocycles. The quantitative estimate of drug-likeness (QED) is 0.549. The molecule has 1 aliphatic carbocycles. The summed E-state index contributed by atoms with van der Waals surface area (Å²) in [6.07, 6.45) is 4.00. The van der Waals surface area contributed by atoms with Crippen LogP contribution in [0.3, 0.4) is 0 Å². The number of rotatable bonds is 6. The Labute approximate surface area is 187 Å². The molecule has 8 heteroatoms. The highest BCUT2D eigenvalue weighted by Gasteiger charge is 2.30. The lowest BCUT2D eigenvalue weighted by molar-refractivity contribution is -0.126. The minimum atomic E-state index is -0.365. The summed E-state index contributed by atoms with van der Waals surface area (Å²) in [7, 11) is 0. The normalized spacial score (nSPS) is 17.9. The van der Waals surface area contributed by atoms with Crippen molar-refractivity contribution in [3.63, 3.8) is 0 Å². The van der Waals surface area contributed by atoms with Gasteiger partial charge in [0, 0.05) is 36.7 Å². The van der Waals surface area contributed by atoms with Crippen LogP contribution < -0.4 is 21.3 Å². The summed E-state index contributed by atoms with van der Waals surface area (Å²) in [5.41, 5.74) is 1.83. The zero-order valence-corrected chi connectivity index (χ0v) is 18.0. The first-order valence-corrected chi connectivity index (χ1v) is 11.1. The predicted molar refractivity (Wildman–Crippen MR) is 125 cm³/mol. The van der Waals surface area contributed by atoms with E-state index in [0.717, 1.165) is 19.4 Å². The Bertz CT molecular complexity index is 961.